The van der Waals surface area contributed by atoms with E-state index in [1.807, 2.05) is 0 Å². The second kappa shape index (κ2) is 8.66. The highest BCUT2D eigenvalue weighted by Gasteiger charge is 2.38. The lowest BCUT2D eigenvalue weighted by Gasteiger charge is -2.39. The van der Waals surface area contributed by atoms with Gasteiger partial charge in [0.25, 0.3) is 10.9 Å². The average molecular weight is 475 g/mol. The molecule has 0 aromatic heterocycles. The van der Waals surface area contributed by atoms with Gasteiger partial charge in [0.05, 0.1) is 11.1 Å². The minimum Gasteiger partial charge on any atom is -0.376 e. The first kappa shape index (κ1) is 23.6. The van der Waals surface area contributed by atoms with Crippen LogP contribution >= 0.6 is 0 Å². The van der Waals surface area contributed by atoms with Crippen molar-refractivity contribution in [2.24, 2.45) is 0 Å². The van der Waals surface area contributed by atoms with Crippen LogP contribution in [0.25, 0.3) is 0 Å². The van der Waals surface area contributed by atoms with Gasteiger partial charge in [0.15, 0.2) is 0 Å². The summed E-state index contributed by atoms with van der Waals surface area (Å²) in [6.07, 6.45) is -4.26. The van der Waals surface area contributed by atoms with E-state index in [9.17, 15) is 35.9 Å². The van der Waals surface area contributed by atoms with Crippen molar-refractivity contribution < 1.29 is 26.3 Å². The van der Waals surface area contributed by atoms with Gasteiger partial charge in [-0.1, -0.05) is 12.8 Å². The van der Waals surface area contributed by atoms with Crippen molar-refractivity contribution in [3.8, 4) is 0 Å². The molecular formula is C22H23F6N3O2. The zero-order valence-corrected chi connectivity index (χ0v) is 17.6. The second-order valence-electron chi connectivity index (χ2n) is 8.67. The highest BCUT2D eigenvalue weighted by Crippen LogP contribution is 2.38. The molecule has 0 unspecified atom stereocenters. The van der Waals surface area contributed by atoms with Gasteiger partial charge in [-0.05, 0) is 57.0 Å². The maximum Gasteiger partial charge on any atom is 0.416 e. The quantitative estimate of drug-likeness (QED) is 0.477. The zero-order valence-electron chi connectivity index (χ0n) is 17.6. The lowest BCUT2D eigenvalue weighted by atomic mass is 9.88. The van der Waals surface area contributed by atoms with Crippen molar-refractivity contribution in [2.45, 2.75) is 63.0 Å². The van der Waals surface area contributed by atoms with Gasteiger partial charge in [-0.15, -0.1) is 0 Å². The van der Waals surface area contributed by atoms with Gasteiger partial charge < -0.3 is 10.6 Å². The van der Waals surface area contributed by atoms with E-state index in [2.05, 4.69) is 15.5 Å². The molecule has 11 heteroatoms. The summed E-state index contributed by atoms with van der Waals surface area (Å²) in [4.78, 5) is 26.7. The largest absolute Gasteiger partial charge is 0.416 e. The number of hydrogen-bond donors (Lipinski definition) is 2. The van der Waals surface area contributed by atoms with Crippen LogP contribution in [0.1, 0.15) is 49.7 Å². The smallest absolute Gasteiger partial charge is 0.376 e. The summed E-state index contributed by atoms with van der Waals surface area (Å²) in [5.41, 5.74) is -5.76. The lowest BCUT2D eigenvalue weighted by Crippen LogP contribution is -2.50. The van der Waals surface area contributed by atoms with E-state index in [-0.39, 0.29) is 29.5 Å². The standard InChI is InChI=1S/C22H23F6N3O2/c23-21(24,25)12-9-13(22(26,27)28)11-14(10-12)29-17-18(20(33)19(17)32)30-15-5-1-2-6-16(15)31-7-3-4-8-31/h9-11,15-16,29-30H,1-8H2/t15-,16-/m0/s1. The molecule has 1 aliphatic heterocycles. The molecule has 2 aromatic rings. The molecule has 2 aromatic carbocycles. The summed E-state index contributed by atoms with van der Waals surface area (Å²) in [6, 6.07) is 1.01. The van der Waals surface area contributed by atoms with Crippen molar-refractivity contribution in [3.63, 3.8) is 0 Å². The van der Waals surface area contributed by atoms with E-state index in [0.29, 0.717) is 12.1 Å². The van der Waals surface area contributed by atoms with Gasteiger partial charge in [-0.2, -0.15) is 26.3 Å². The predicted octanol–water partition coefficient (Wildman–Crippen LogP) is 4.88. The van der Waals surface area contributed by atoms with Gasteiger partial charge in [-0.25, -0.2) is 0 Å². The lowest BCUT2D eigenvalue weighted by molar-refractivity contribution is -0.143. The van der Waals surface area contributed by atoms with Crippen molar-refractivity contribution in [1.29, 1.82) is 0 Å². The van der Waals surface area contributed by atoms with Crippen molar-refractivity contribution in [1.82, 2.24) is 4.90 Å². The summed E-state index contributed by atoms with van der Waals surface area (Å²) < 4.78 is 78.8. The number of nitrogens with zero attached hydrogens (tertiary/aromatic N) is 1. The van der Waals surface area contributed by atoms with Gasteiger partial charge in [-0.3, -0.25) is 14.5 Å². The molecule has 4 rings (SSSR count). The van der Waals surface area contributed by atoms with Crippen LogP contribution in [-0.2, 0) is 12.4 Å². The molecule has 5 nitrogen and oxygen atoms in total. The predicted molar refractivity (Wildman–Crippen MR) is 112 cm³/mol. The topological polar surface area (TPSA) is 61.4 Å². The molecule has 2 atom stereocenters. The Kier molecular flexibility index (Phi) is 6.19. The number of hydrogen-bond acceptors (Lipinski definition) is 5. The maximum atomic E-state index is 13.1. The van der Waals surface area contributed by atoms with Crippen LogP contribution in [-0.4, -0.2) is 30.1 Å². The third-order valence-corrected chi connectivity index (χ3v) is 6.44. The van der Waals surface area contributed by atoms with E-state index in [1.165, 1.54) is 0 Å². The average Bonchev–Trinajstić information content (AvgIpc) is 3.29. The SMILES string of the molecule is O=c1c(Nc2cc(C(F)(F)F)cc(C(F)(F)F)c2)c(N[C@H]2CCCC[C@@H]2N2CCCC2)c1=O. The zero-order chi connectivity index (χ0) is 24.0. The molecule has 0 bridgehead atoms. The number of anilines is 3. The molecule has 0 radical (unpaired) electrons. The number of halogens is 6. The van der Waals surface area contributed by atoms with Gasteiger partial charge in [0.2, 0.25) is 0 Å². The Morgan fingerprint density at radius 2 is 1.30 bits per heavy atom. The number of nitrogens with one attached hydrogen (secondary N) is 2. The highest BCUT2D eigenvalue weighted by atomic mass is 19.4. The molecule has 180 valence electrons. The van der Waals surface area contributed by atoms with Crippen molar-refractivity contribution in [2.75, 3.05) is 23.7 Å². The summed E-state index contributed by atoms with van der Waals surface area (Å²) in [7, 11) is 0. The third kappa shape index (κ3) is 4.87. The van der Waals surface area contributed by atoms with E-state index >= 15 is 0 Å². The molecule has 2 N–H and O–H groups in total. The van der Waals surface area contributed by atoms with Crippen molar-refractivity contribution >= 4 is 17.1 Å². The maximum absolute atomic E-state index is 13.1. The summed E-state index contributed by atoms with van der Waals surface area (Å²) in [5.74, 6) is 0. The number of likely N-dealkylation sites (tertiary alicyclic amines) is 1. The van der Waals surface area contributed by atoms with Crippen LogP contribution in [0.5, 0.6) is 0 Å². The number of benzene rings is 1. The fourth-order valence-electron chi connectivity index (χ4n) is 4.80. The van der Waals surface area contributed by atoms with E-state index in [1.54, 1.807) is 0 Å². The summed E-state index contributed by atoms with van der Waals surface area (Å²) >= 11 is 0. The summed E-state index contributed by atoms with van der Waals surface area (Å²) in [5, 5.41) is 5.42. The molecule has 33 heavy (non-hydrogen) atoms. The Bertz CT molecular complexity index is 1050. The fourth-order valence-corrected chi connectivity index (χ4v) is 4.80. The van der Waals surface area contributed by atoms with Crippen LogP contribution in [0.3, 0.4) is 0 Å². The number of alkyl halides is 6. The Morgan fingerprint density at radius 1 is 0.758 bits per heavy atom. The fraction of sp³-hybridized carbons (Fsp3) is 0.545. The molecule has 2 aliphatic rings. The normalized spacial score (nSPS) is 22.6. The van der Waals surface area contributed by atoms with Crippen LogP contribution in [0.2, 0.25) is 0 Å². The number of rotatable bonds is 5. The molecule has 1 saturated heterocycles. The van der Waals surface area contributed by atoms with E-state index in [4.69, 9.17) is 0 Å². The van der Waals surface area contributed by atoms with E-state index < -0.39 is 40.0 Å². The molecule has 1 aliphatic carbocycles. The monoisotopic (exact) mass is 475 g/mol. The second-order valence-corrected chi connectivity index (χ2v) is 8.67. The summed E-state index contributed by atoms with van der Waals surface area (Å²) in [6.45, 7) is 1.87. The van der Waals surface area contributed by atoms with E-state index in [0.717, 1.165) is 51.6 Å². The third-order valence-electron chi connectivity index (χ3n) is 6.44. The molecule has 1 saturated carbocycles. The van der Waals surface area contributed by atoms with Crippen LogP contribution in [0.4, 0.5) is 43.4 Å². The molecule has 0 spiro atoms. The van der Waals surface area contributed by atoms with Crippen LogP contribution in [0, 0.1) is 0 Å². The van der Waals surface area contributed by atoms with Crippen LogP contribution < -0.4 is 21.5 Å². The van der Waals surface area contributed by atoms with Crippen molar-refractivity contribution in [3.05, 3.63) is 49.8 Å². The Balaban J connectivity index is 1.61. The van der Waals surface area contributed by atoms with Crippen LogP contribution in [0.15, 0.2) is 27.8 Å². The first-order valence-electron chi connectivity index (χ1n) is 10.9. The first-order chi connectivity index (χ1) is 15.4. The van der Waals surface area contributed by atoms with Gasteiger partial charge in [0, 0.05) is 17.8 Å². The Morgan fingerprint density at radius 3 is 1.88 bits per heavy atom. The van der Waals surface area contributed by atoms with Gasteiger partial charge in [0.1, 0.15) is 11.4 Å². The Labute approximate surface area is 185 Å². The minimum absolute atomic E-state index is 0.00907. The van der Waals surface area contributed by atoms with Gasteiger partial charge >= 0.3 is 12.4 Å². The minimum atomic E-state index is -5.02. The molecule has 1 heterocycles. The highest BCUT2D eigenvalue weighted by molar-refractivity contribution is 5.79. The first-order valence-corrected chi connectivity index (χ1v) is 10.9. The molecule has 2 fully saturated rings. The molecule has 0 amide bonds. The molecular weight excluding hydrogens is 452 g/mol. The Hall–Kier alpha value is -2.56.